The minimum absolute atomic E-state index is 0.148. The number of nitrogens with one attached hydrogen (secondary N) is 1. The molecular weight excluding hydrogens is 336 g/mol. The molecule has 4 rings (SSSR count). The van der Waals surface area contributed by atoms with Gasteiger partial charge in [-0.2, -0.15) is 0 Å². The molecule has 0 saturated heterocycles. The summed E-state index contributed by atoms with van der Waals surface area (Å²) in [5, 5.41) is 5.33. The van der Waals surface area contributed by atoms with E-state index in [9.17, 15) is 9.59 Å². The second kappa shape index (κ2) is 5.90. The molecule has 0 radical (unpaired) electrons. The predicted molar refractivity (Wildman–Crippen MR) is 100 cm³/mol. The Hall–Kier alpha value is -2.85. The van der Waals surface area contributed by atoms with Crippen LogP contribution in [-0.4, -0.2) is 17.9 Å². The van der Waals surface area contributed by atoms with Crippen molar-refractivity contribution in [2.45, 2.75) is 13.0 Å². The summed E-state index contributed by atoms with van der Waals surface area (Å²) in [6.45, 7) is 1.73. The van der Waals surface area contributed by atoms with Gasteiger partial charge in [0.25, 0.3) is 5.91 Å². The maximum Gasteiger partial charge on any atom is 0.259 e. The van der Waals surface area contributed by atoms with Gasteiger partial charge < -0.3 is 5.32 Å². The van der Waals surface area contributed by atoms with Crippen LogP contribution in [0.15, 0.2) is 60.7 Å². The number of rotatable bonds is 3. The van der Waals surface area contributed by atoms with Crippen molar-refractivity contribution in [2.24, 2.45) is 0 Å². The van der Waals surface area contributed by atoms with E-state index in [-0.39, 0.29) is 11.8 Å². The van der Waals surface area contributed by atoms with E-state index in [1.807, 2.05) is 30.3 Å². The highest BCUT2D eigenvalue weighted by Gasteiger charge is 2.35. The molecule has 0 bridgehead atoms. The van der Waals surface area contributed by atoms with E-state index in [4.69, 9.17) is 11.6 Å². The molecule has 4 nitrogen and oxygen atoms in total. The number of hydrogen-bond donors (Lipinski definition) is 1. The molecule has 0 spiro atoms. The maximum absolute atomic E-state index is 12.8. The average molecular weight is 351 g/mol. The van der Waals surface area contributed by atoms with Crippen LogP contribution in [0.25, 0.3) is 10.8 Å². The highest BCUT2D eigenvalue weighted by molar-refractivity contribution is 6.30. The standard InChI is InChI=1S/C20H15ClN2O2/c1-12(19(24)22-15-10-8-14(21)9-11-15)23-17-7-3-5-13-4-2-6-16(18(13)17)20(23)25/h2-12H,1H3,(H,22,24). The van der Waals surface area contributed by atoms with E-state index in [1.54, 1.807) is 42.2 Å². The number of anilines is 2. The van der Waals surface area contributed by atoms with Crippen molar-refractivity contribution in [1.29, 1.82) is 0 Å². The van der Waals surface area contributed by atoms with Crippen molar-refractivity contribution in [3.8, 4) is 0 Å². The van der Waals surface area contributed by atoms with Gasteiger partial charge in [0.15, 0.2) is 0 Å². The van der Waals surface area contributed by atoms with Crippen molar-refractivity contribution < 1.29 is 9.59 Å². The van der Waals surface area contributed by atoms with Gasteiger partial charge in [-0.15, -0.1) is 0 Å². The second-order valence-electron chi connectivity index (χ2n) is 6.03. The zero-order valence-corrected chi connectivity index (χ0v) is 14.2. The fourth-order valence-corrected chi connectivity index (χ4v) is 3.35. The molecule has 1 unspecified atom stereocenters. The Balaban J connectivity index is 1.66. The van der Waals surface area contributed by atoms with Crippen LogP contribution in [0.1, 0.15) is 17.3 Å². The van der Waals surface area contributed by atoms with Crippen LogP contribution in [0.2, 0.25) is 5.02 Å². The molecule has 25 heavy (non-hydrogen) atoms. The molecule has 3 aromatic rings. The van der Waals surface area contributed by atoms with Gasteiger partial charge in [0.05, 0.1) is 5.69 Å². The van der Waals surface area contributed by atoms with E-state index in [0.29, 0.717) is 16.3 Å². The first-order chi connectivity index (χ1) is 12.1. The van der Waals surface area contributed by atoms with Gasteiger partial charge in [-0.1, -0.05) is 35.9 Å². The molecule has 2 amide bonds. The van der Waals surface area contributed by atoms with Crippen LogP contribution >= 0.6 is 11.6 Å². The molecule has 1 N–H and O–H groups in total. The summed E-state index contributed by atoms with van der Waals surface area (Å²) in [5.74, 6) is -0.397. The van der Waals surface area contributed by atoms with Crippen molar-refractivity contribution in [3.05, 3.63) is 71.2 Å². The summed E-state index contributed by atoms with van der Waals surface area (Å²) in [7, 11) is 0. The van der Waals surface area contributed by atoms with Crippen LogP contribution in [0, 0.1) is 0 Å². The third-order valence-electron chi connectivity index (χ3n) is 4.47. The predicted octanol–water partition coefficient (Wildman–Crippen LogP) is 4.48. The maximum atomic E-state index is 12.8. The first kappa shape index (κ1) is 15.7. The topological polar surface area (TPSA) is 49.4 Å². The molecule has 124 valence electrons. The van der Waals surface area contributed by atoms with Crippen molar-refractivity contribution >= 4 is 45.6 Å². The lowest BCUT2D eigenvalue weighted by atomic mass is 10.1. The smallest absolute Gasteiger partial charge is 0.259 e. The summed E-state index contributed by atoms with van der Waals surface area (Å²) in [6, 6.07) is 17.6. The van der Waals surface area contributed by atoms with Gasteiger partial charge in [0, 0.05) is 21.7 Å². The van der Waals surface area contributed by atoms with Crippen molar-refractivity contribution in [1.82, 2.24) is 0 Å². The van der Waals surface area contributed by atoms with Crippen LogP contribution in [0.3, 0.4) is 0 Å². The summed E-state index contributed by atoms with van der Waals surface area (Å²) < 4.78 is 0. The van der Waals surface area contributed by atoms with Gasteiger partial charge in [-0.3, -0.25) is 14.5 Å². The largest absolute Gasteiger partial charge is 0.324 e. The number of carbonyl (C=O) groups excluding carboxylic acids is 2. The lowest BCUT2D eigenvalue weighted by Crippen LogP contribution is -2.44. The molecule has 0 aromatic heterocycles. The Morgan fingerprint density at radius 1 is 1.04 bits per heavy atom. The molecule has 0 aliphatic carbocycles. The Labute approximate surface area is 150 Å². The SMILES string of the molecule is CC(C(=O)Nc1ccc(Cl)cc1)N1C(=O)c2cccc3cccc1c23. The molecule has 1 heterocycles. The lowest BCUT2D eigenvalue weighted by Gasteiger charge is -2.24. The van der Waals surface area contributed by atoms with Crippen molar-refractivity contribution in [2.75, 3.05) is 10.2 Å². The highest BCUT2D eigenvalue weighted by atomic mass is 35.5. The van der Waals surface area contributed by atoms with Gasteiger partial charge in [-0.05, 0) is 48.7 Å². The van der Waals surface area contributed by atoms with Crippen molar-refractivity contribution in [3.63, 3.8) is 0 Å². The molecule has 1 aliphatic heterocycles. The summed E-state index contributed by atoms with van der Waals surface area (Å²) >= 11 is 5.86. The lowest BCUT2D eigenvalue weighted by molar-refractivity contribution is -0.117. The number of amides is 2. The number of nitrogens with zero attached hydrogens (tertiary/aromatic N) is 1. The Bertz CT molecular complexity index is 993. The van der Waals surface area contributed by atoms with Crippen LogP contribution < -0.4 is 10.2 Å². The molecule has 0 saturated carbocycles. The van der Waals surface area contributed by atoms with E-state index in [2.05, 4.69) is 5.32 Å². The third kappa shape index (κ3) is 2.55. The van der Waals surface area contributed by atoms with Gasteiger partial charge >= 0.3 is 0 Å². The van der Waals surface area contributed by atoms with Crippen LogP contribution in [0.5, 0.6) is 0 Å². The first-order valence-corrected chi connectivity index (χ1v) is 8.36. The van der Waals surface area contributed by atoms with Gasteiger partial charge in [0.1, 0.15) is 6.04 Å². The molecule has 3 aromatic carbocycles. The fourth-order valence-electron chi connectivity index (χ4n) is 3.22. The fraction of sp³-hybridized carbons (Fsp3) is 0.100. The molecule has 0 fully saturated rings. The highest BCUT2D eigenvalue weighted by Crippen LogP contribution is 2.38. The van der Waals surface area contributed by atoms with E-state index in [0.717, 1.165) is 16.5 Å². The van der Waals surface area contributed by atoms with E-state index < -0.39 is 6.04 Å². The monoisotopic (exact) mass is 350 g/mol. The number of benzene rings is 3. The molecular formula is C20H15ClN2O2. The quantitative estimate of drug-likeness (QED) is 0.757. The minimum Gasteiger partial charge on any atom is -0.324 e. The van der Waals surface area contributed by atoms with Crippen LogP contribution in [0.4, 0.5) is 11.4 Å². The zero-order valence-electron chi connectivity index (χ0n) is 13.5. The minimum atomic E-state index is -0.638. The zero-order chi connectivity index (χ0) is 17.6. The molecule has 5 heteroatoms. The normalized spacial score (nSPS) is 14.0. The molecule has 1 atom stereocenters. The molecule has 1 aliphatic rings. The Morgan fingerprint density at radius 2 is 1.72 bits per heavy atom. The van der Waals surface area contributed by atoms with Gasteiger partial charge in [-0.25, -0.2) is 0 Å². The summed E-state index contributed by atoms with van der Waals surface area (Å²) in [6.07, 6.45) is 0. The summed E-state index contributed by atoms with van der Waals surface area (Å²) in [4.78, 5) is 27.1. The van der Waals surface area contributed by atoms with E-state index >= 15 is 0 Å². The number of halogens is 1. The third-order valence-corrected chi connectivity index (χ3v) is 4.72. The first-order valence-electron chi connectivity index (χ1n) is 7.98. The van der Waals surface area contributed by atoms with Gasteiger partial charge in [0.2, 0.25) is 5.91 Å². The van der Waals surface area contributed by atoms with E-state index in [1.165, 1.54) is 0 Å². The number of carbonyl (C=O) groups is 2. The Kier molecular flexibility index (Phi) is 3.70. The average Bonchev–Trinajstić information content (AvgIpc) is 2.91. The summed E-state index contributed by atoms with van der Waals surface area (Å²) in [5.41, 5.74) is 2.06. The number of hydrogen-bond acceptors (Lipinski definition) is 2. The second-order valence-corrected chi connectivity index (χ2v) is 6.46. The Morgan fingerprint density at radius 3 is 2.44 bits per heavy atom. The van der Waals surface area contributed by atoms with Crippen LogP contribution in [-0.2, 0) is 4.79 Å².